The fraction of sp³-hybridized carbons (Fsp3) is 0.333. The van der Waals surface area contributed by atoms with Crippen LogP contribution in [0.2, 0.25) is 0 Å². The van der Waals surface area contributed by atoms with Crippen molar-refractivity contribution in [3.63, 3.8) is 0 Å². The summed E-state index contributed by atoms with van der Waals surface area (Å²) in [5.41, 5.74) is 5.25. The molecule has 2 aromatic carbocycles. The number of nitrogens with zero attached hydrogens (tertiary/aromatic N) is 2. The molecule has 2 aromatic rings. The number of carboxylic acids is 2. The zero-order valence-electron chi connectivity index (χ0n) is 16.8. The molecule has 0 spiro atoms. The van der Waals surface area contributed by atoms with Crippen molar-refractivity contribution in [2.75, 3.05) is 13.1 Å². The van der Waals surface area contributed by atoms with Gasteiger partial charge >= 0.3 is 11.9 Å². The van der Waals surface area contributed by atoms with E-state index in [1.54, 1.807) is 0 Å². The van der Waals surface area contributed by atoms with Gasteiger partial charge in [-0.05, 0) is 40.7 Å². The van der Waals surface area contributed by atoms with E-state index in [-0.39, 0.29) is 0 Å². The average molecular weight is 406 g/mol. The zero-order valence-corrected chi connectivity index (χ0v) is 16.8. The molecule has 0 aliphatic carbocycles. The van der Waals surface area contributed by atoms with Crippen molar-refractivity contribution in [1.29, 1.82) is 0 Å². The molecule has 0 aromatic heterocycles. The van der Waals surface area contributed by atoms with Gasteiger partial charge in [-0.15, -0.1) is 0 Å². The smallest absolute Gasteiger partial charge is 0.321 e. The second-order valence-corrected chi connectivity index (χ2v) is 8.21. The Morgan fingerprint density at radius 2 is 1.13 bits per heavy atom. The molecule has 6 heteroatoms. The van der Waals surface area contributed by atoms with Crippen LogP contribution in [0.4, 0.5) is 0 Å². The summed E-state index contributed by atoms with van der Waals surface area (Å²) in [5.74, 6) is -1.68. The molecule has 156 valence electrons. The highest BCUT2D eigenvalue weighted by molar-refractivity contribution is 5.75. The molecule has 0 radical (unpaired) electrons. The standard InChI is InChI=1S/C24H26N2O4/c1-16(12-25-14-19-8-4-2-6-17(19)10-21(25)23(27)28)13-26-15-20-9-5-3-7-18(20)11-22(26)24(29)30/h2-9,21-22H,1,10-15H2,(H,27,28)(H,29,30). The minimum absolute atomic E-state index is 0.426. The molecule has 0 fully saturated rings. The summed E-state index contributed by atoms with van der Waals surface area (Å²) in [6.07, 6.45) is 0.932. The van der Waals surface area contributed by atoms with Gasteiger partial charge in [0, 0.05) is 26.2 Å². The molecule has 6 nitrogen and oxygen atoms in total. The highest BCUT2D eigenvalue weighted by Crippen LogP contribution is 2.27. The second-order valence-electron chi connectivity index (χ2n) is 8.21. The maximum Gasteiger partial charge on any atom is 0.321 e. The first-order chi connectivity index (χ1) is 14.4. The van der Waals surface area contributed by atoms with Crippen LogP contribution in [0.1, 0.15) is 22.3 Å². The van der Waals surface area contributed by atoms with Crippen LogP contribution < -0.4 is 0 Å². The molecular weight excluding hydrogens is 380 g/mol. The van der Waals surface area contributed by atoms with Gasteiger partial charge in [-0.3, -0.25) is 19.4 Å². The van der Waals surface area contributed by atoms with E-state index in [1.807, 2.05) is 58.3 Å². The van der Waals surface area contributed by atoms with Crippen LogP contribution in [0.3, 0.4) is 0 Å². The van der Waals surface area contributed by atoms with E-state index < -0.39 is 24.0 Å². The lowest BCUT2D eigenvalue weighted by atomic mass is 9.92. The van der Waals surface area contributed by atoms with Crippen molar-refractivity contribution in [1.82, 2.24) is 9.80 Å². The van der Waals surface area contributed by atoms with Gasteiger partial charge in [-0.2, -0.15) is 0 Å². The minimum Gasteiger partial charge on any atom is -0.480 e. The predicted octanol–water partition coefficient (Wildman–Crippen LogP) is 2.57. The molecule has 30 heavy (non-hydrogen) atoms. The van der Waals surface area contributed by atoms with Crippen LogP contribution in [0.15, 0.2) is 60.7 Å². The van der Waals surface area contributed by atoms with Crippen LogP contribution in [-0.4, -0.2) is 57.1 Å². The highest BCUT2D eigenvalue weighted by atomic mass is 16.4. The molecule has 0 saturated carbocycles. The fourth-order valence-corrected chi connectivity index (χ4v) is 4.60. The summed E-state index contributed by atoms with van der Waals surface area (Å²) in [6, 6.07) is 14.6. The number of carboxylic acid groups (broad SMARTS) is 2. The molecule has 0 amide bonds. The number of rotatable bonds is 6. The third kappa shape index (κ3) is 4.15. The summed E-state index contributed by atoms with van der Waals surface area (Å²) in [5, 5.41) is 19.5. The number of hydrogen-bond donors (Lipinski definition) is 2. The second kappa shape index (κ2) is 8.42. The Kier molecular flexibility index (Phi) is 5.70. The van der Waals surface area contributed by atoms with Gasteiger partial charge in [0.05, 0.1) is 0 Å². The molecule has 2 atom stereocenters. The van der Waals surface area contributed by atoms with E-state index in [9.17, 15) is 19.8 Å². The van der Waals surface area contributed by atoms with E-state index >= 15 is 0 Å². The summed E-state index contributed by atoms with van der Waals surface area (Å²) < 4.78 is 0. The van der Waals surface area contributed by atoms with Crippen LogP contribution in [0, 0.1) is 0 Å². The van der Waals surface area contributed by atoms with E-state index in [1.165, 1.54) is 0 Å². The largest absolute Gasteiger partial charge is 0.480 e. The van der Waals surface area contributed by atoms with Gasteiger partial charge in [0.15, 0.2) is 0 Å². The predicted molar refractivity (Wildman–Crippen MR) is 113 cm³/mol. The SMILES string of the molecule is C=C(CN1Cc2ccccc2CC1C(=O)O)CN1Cc2ccccc2CC1C(=O)O. The first kappa shape index (κ1) is 20.3. The Morgan fingerprint density at radius 3 is 1.50 bits per heavy atom. The van der Waals surface area contributed by atoms with E-state index in [0.717, 1.165) is 27.8 Å². The Morgan fingerprint density at radius 1 is 0.767 bits per heavy atom. The first-order valence-electron chi connectivity index (χ1n) is 10.2. The molecule has 0 saturated heterocycles. The molecule has 2 unspecified atom stereocenters. The summed E-state index contributed by atoms with van der Waals surface area (Å²) in [7, 11) is 0. The molecule has 2 aliphatic heterocycles. The normalized spacial score (nSPS) is 21.5. The number of fused-ring (bicyclic) bond motifs is 2. The van der Waals surface area contributed by atoms with Crippen molar-refractivity contribution < 1.29 is 19.8 Å². The van der Waals surface area contributed by atoms with Gasteiger partial charge in [0.25, 0.3) is 0 Å². The van der Waals surface area contributed by atoms with Gasteiger partial charge in [0.1, 0.15) is 12.1 Å². The van der Waals surface area contributed by atoms with Crippen molar-refractivity contribution in [3.05, 3.63) is 82.9 Å². The van der Waals surface area contributed by atoms with Crippen LogP contribution >= 0.6 is 0 Å². The first-order valence-corrected chi connectivity index (χ1v) is 10.2. The van der Waals surface area contributed by atoms with Gasteiger partial charge in [-0.1, -0.05) is 55.1 Å². The maximum absolute atomic E-state index is 11.9. The topological polar surface area (TPSA) is 81.1 Å². The molecule has 0 bridgehead atoms. The van der Waals surface area contributed by atoms with Gasteiger partial charge in [0.2, 0.25) is 0 Å². The van der Waals surface area contributed by atoms with E-state index in [4.69, 9.17) is 0 Å². The quantitative estimate of drug-likeness (QED) is 0.718. The molecular formula is C24H26N2O4. The Hall–Kier alpha value is -2.96. The van der Waals surface area contributed by atoms with Crippen molar-refractivity contribution in [2.24, 2.45) is 0 Å². The molecule has 4 rings (SSSR count). The van der Waals surface area contributed by atoms with Crippen molar-refractivity contribution in [3.8, 4) is 0 Å². The van der Waals surface area contributed by atoms with Gasteiger partial charge in [-0.25, -0.2) is 0 Å². The number of carbonyl (C=O) groups is 2. The summed E-state index contributed by atoms with van der Waals surface area (Å²) in [4.78, 5) is 27.6. The number of benzene rings is 2. The highest BCUT2D eigenvalue weighted by Gasteiger charge is 2.34. The minimum atomic E-state index is -0.840. The lowest BCUT2D eigenvalue weighted by molar-refractivity contribution is -0.144. The Bertz CT molecular complexity index is 909. The Labute approximate surface area is 176 Å². The lowest BCUT2D eigenvalue weighted by Crippen LogP contribution is -2.49. The van der Waals surface area contributed by atoms with Crippen molar-refractivity contribution >= 4 is 11.9 Å². The monoisotopic (exact) mass is 406 g/mol. The molecule has 2 N–H and O–H groups in total. The average Bonchev–Trinajstić information content (AvgIpc) is 2.72. The third-order valence-corrected chi connectivity index (χ3v) is 6.12. The zero-order chi connectivity index (χ0) is 21.3. The fourth-order valence-electron chi connectivity index (χ4n) is 4.60. The molecule has 2 aliphatic rings. The summed E-state index contributed by atoms with van der Waals surface area (Å²) in [6.45, 7) is 6.13. The number of aliphatic carboxylic acids is 2. The molecule has 2 heterocycles. The van der Waals surface area contributed by atoms with Crippen LogP contribution in [0.5, 0.6) is 0 Å². The number of hydrogen-bond acceptors (Lipinski definition) is 4. The Balaban J connectivity index is 1.48. The van der Waals surface area contributed by atoms with E-state index in [2.05, 4.69) is 6.58 Å². The van der Waals surface area contributed by atoms with E-state index in [0.29, 0.717) is 39.0 Å². The summed E-state index contributed by atoms with van der Waals surface area (Å²) >= 11 is 0. The van der Waals surface area contributed by atoms with Crippen molar-refractivity contribution in [2.45, 2.75) is 38.0 Å². The maximum atomic E-state index is 11.9. The third-order valence-electron chi connectivity index (χ3n) is 6.12. The van der Waals surface area contributed by atoms with Gasteiger partial charge < -0.3 is 10.2 Å². The van der Waals surface area contributed by atoms with Crippen LogP contribution in [-0.2, 0) is 35.5 Å². The lowest BCUT2D eigenvalue weighted by Gasteiger charge is -2.37. The van der Waals surface area contributed by atoms with Crippen LogP contribution in [0.25, 0.3) is 0 Å².